The molecule has 0 spiro atoms. The number of nitrogens with zero attached hydrogens (tertiary/aromatic N) is 3. The van der Waals surface area contributed by atoms with E-state index in [2.05, 4.69) is 10.3 Å². The van der Waals surface area contributed by atoms with Crippen LogP contribution in [0.1, 0.15) is 35.2 Å². The Bertz CT molecular complexity index is 1370. The van der Waals surface area contributed by atoms with Crippen LogP contribution in [0.5, 0.6) is 0 Å². The normalized spacial score (nSPS) is 19.1. The zero-order chi connectivity index (χ0) is 22.4. The van der Waals surface area contributed by atoms with Crippen LogP contribution in [-0.4, -0.2) is 33.0 Å². The van der Waals surface area contributed by atoms with Crippen molar-refractivity contribution in [2.75, 3.05) is 11.9 Å². The number of hydrogen-bond donors (Lipinski definition) is 2. The number of aromatic nitrogens is 3. The number of anilines is 1. The Hall–Kier alpha value is -3.20. The number of rotatable bonds is 6. The van der Waals surface area contributed by atoms with E-state index >= 15 is 0 Å². The Labute approximate surface area is 195 Å². The fourth-order valence-corrected chi connectivity index (χ4v) is 5.31. The first-order valence-corrected chi connectivity index (χ1v) is 11.9. The summed E-state index contributed by atoms with van der Waals surface area (Å²) >= 11 is 0.936. The third-order valence-electron chi connectivity index (χ3n) is 6.64. The Kier molecular flexibility index (Phi) is 5.13. The molecule has 2 heterocycles. The van der Waals surface area contributed by atoms with Crippen molar-refractivity contribution in [1.29, 1.82) is 0 Å². The van der Waals surface area contributed by atoms with Crippen molar-refractivity contribution in [1.82, 2.24) is 14.6 Å². The predicted molar refractivity (Wildman–Crippen MR) is 130 cm³/mol. The molecule has 0 bridgehead atoms. The highest BCUT2D eigenvalue weighted by molar-refractivity contribution is 7.92. The molecule has 0 radical (unpaired) electrons. The van der Waals surface area contributed by atoms with Crippen LogP contribution in [0.2, 0.25) is 0 Å². The van der Waals surface area contributed by atoms with Gasteiger partial charge in [0.15, 0.2) is 11.4 Å². The van der Waals surface area contributed by atoms with Crippen molar-refractivity contribution in [3.8, 4) is 22.4 Å². The van der Waals surface area contributed by atoms with Gasteiger partial charge < -0.3 is 9.50 Å². The first kappa shape index (κ1) is 20.4. The quantitative estimate of drug-likeness (QED) is 0.281. The highest BCUT2D eigenvalue weighted by Crippen LogP contribution is 2.38. The number of carbonyl (C=O) groups is 1. The van der Waals surface area contributed by atoms with Gasteiger partial charge >= 0.3 is 0 Å². The number of ketones is 1. The maximum Gasteiger partial charge on any atom is 0.194 e. The minimum atomic E-state index is 0.0690. The van der Waals surface area contributed by atoms with Crippen molar-refractivity contribution in [3.63, 3.8) is 0 Å². The second-order valence-electron chi connectivity index (χ2n) is 8.67. The lowest BCUT2D eigenvalue weighted by molar-refractivity contribution is 0.104. The average Bonchev–Trinajstić information content (AvgIpc) is 3.55. The molecule has 2 atom stereocenters. The number of hydrogen-bond acceptors (Lipinski definition) is 7. The maximum atomic E-state index is 12.9. The van der Waals surface area contributed by atoms with Gasteiger partial charge in [-0.25, -0.2) is 4.98 Å². The van der Waals surface area contributed by atoms with Crippen molar-refractivity contribution in [2.45, 2.75) is 25.3 Å². The van der Waals surface area contributed by atoms with Gasteiger partial charge in [-0.1, -0.05) is 36.4 Å². The summed E-state index contributed by atoms with van der Waals surface area (Å²) in [5.74, 6) is 1.49. The highest BCUT2D eigenvalue weighted by atomic mass is 32.2. The van der Waals surface area contributed by atoms with Crippen molar-refractivity contribution < 1.29 is 8.98 Å². The van der Waals surface area contributed by atoms with Crippen LogP contribution in [0.15, 0.2) is 60.8 Å². The van der Waals surface area contributed by atoms with Crippen molar-refractivity contribution in [2.24, 2.45) is 11.1 Å². The van der Waals surface area contributed by atoms with Crippen LogP contribution in [0.25, 0.3) is 28.0 Å². The summed E-state index contributed by atoms with van der Waals surface area (Å²) in [7, 11) is 0. The molecule has 166 valence electrons. The minimum Gasteiger partial charge on any atom is -0.367 e. The molecule has 6 rings (SSSR count). The number of benzene rings is 2. The van der Waals surface area contributed by atoms with E-state index in [1.807, 2.05) is 59.1 Å². The maximum absolute atomic E-state index is 12.9. The number of nitrogens with two attached hydrogens (primary N) is 1. The zero-order valence-electron chi connectivity index (χ0n) is 17.9. The van der Waals surface area contributed by atoms with E-state index in [4.69, 9.17) is 14.4 Å². The molecule has 8 heteroatoms. The summed E-state index contributed by atoms with van der Waals surface area (Å²) in [6, 6.07) is 18.0. The van der Waals surface area contributed by atoms with E-state index in [0.717, 1.165) is 76.5 Å². The van der Waals surface area contributed by atoms with Gasteiger partial charge in [-0.2, -0.15) is 9.61 Å². The number of fused-ring (bicyclic) bond motifs is 4. The van der Waals surface area contributed by atoms with E-state index < -0.39 is 0 Å². The summed E-state index contributed by atoms with van der Waals surface area (Å²) in [6.45, 7) is 0.679. The summed E-state index contributed by atoms with van der Waals surface area (Å²) in [4.78, 5) is 17.4. The molecule has 2 aliphatic rings. The van der Waals surface area contributed by atoms with Crippen LogP contribution in [0.4, 0.5) is 5.82 Å². The van der Waals surface area contributed by atoms with Crippen LogP contribution < -0.4 is 10.5 Å². The predicted octanol–water partition coefficient (Wildman–Crippen LogP) is 4.73. The first-order valence-electron chi connectivity index (χ1n) is 11.1. The lowest BCUT2D eigenvalue weighted by atomic mass is 10.0. The summed E-state index contributed by atoms with van der Waals surface area (Å²) in [5, 5.41) is 13.8. The van der Waals surface area contributed by atoms with Crippen LogP contribution in [0, 0.1) is 5.92 Å². The molecule has 2 aliphatic carbocycles. The van der Waals surface area contributed by atoms with Gasteiger partial charge in [0.1, 0.15) is 5.82 Å². The molecule has 7 nitrogen and oxygen atoms in total. The van der Waals surface area contributed by atoms with E-state index in [0.29, 0.717) is 18.6 Å². The lowest BCUT2D eigenvalue weighted by Gasteiger charge is -2.15. The van der Waals surface area contributed by atoms with Gasteiger partial charge in [0, 0.05) is 35.0 Å². The Morgan fingerprint density at radius 2 is 1.91 bits per heavy atom. The van der Waals surface area contributed by atoms with E-state index in [-0.39, 0.29) is 5.78 Å². The van der Waals surface area contributed by atoms with Crippen molar-refractivity contribution in [3.05, 3.63) is 71.9 Å². The number of carbonyl (C=O) groups excluding carboxylic acids is 1. The molecule has 2 unspecified atom stereocenters. The summed E-state index contributed by atoms with van der Waals surface area (Å²) in [5.41, 5.74) is 5.94. The van der Waals surface area contributed by atoms with Crippen LogP contribution >= 0.6 is 12.2 Å². The largest absolute Gasteiger partial charge is 0.367 e. The molecule has 0 amide bonds. The van der Waals surface area contributed by atoms with Gasteiger partial charge in [0.05, 0.1) is 24.5 Å². The molecular weight excluding hydrogens is 434 g/mol. The van der Waals surface area contributed by atoms with Gasteiger partial charge in [-0.3, -0.25) is 9.93 Å². The Morgan fingerprint density at radius 1 is 1.06 bits per heavy atom. The molecule has 3 N–H and O–H groups in total. The van der Waals surface area contributed by atoms with E-state index in [9.17, 15) is 4.79 Å². The lowest BCUT2D eigenvalue weighted by Crippen LogP contribution is -2.18. The summed E-state index contributed by atoms with van der Waals surface area (Å²) < 4.78 is 7.16. The fourth-order valence-electron chi connectivity index (χ4n) is 5.04. The fraction of sp³-hybridized carbons (Fsp3) is 0.240. The average molecular weight is 458 g/mol. The standard InChI is InChI=1S/C25H23N5O2S/c26-33-32-14-15-5-7-17(11-15)28-23-9-10-27-24-13-22(29-30(23)24)16-6-8-19-18-3-1-2-4-20(18)25(31)21(19)12-16/h1-4,6,8-10,12-13,15,17,28H,5,7,11,14,26H2. The molecule has 2 aromatic carbocycles. The Morgan fingerprint density at radius 3 is 2.79 bits per heavy atom. The molecule has 0 saturated heterocycles. The molecular formula is C25H23N5O2S. The number of nitrogens with one attached hydrogen (secondary N) is 1. The van der Waals surface area contributed by atoms with Gasteiger partial charge in [-0.15, -0.1) is 0 Å². The molecule has 33 heavy (non-hydrogen) atoms. The molecule has 1 saturated carbocycles. The summed E-state index contributed by atoms with van der Waals surface area (Å²) in [6.07, 6.45) is 5.02. The second-order valence-corrected chi connectivity index (χ2v) is 9.09. The Balaban J connectivity index is 1.29. The monoisotopic (exact) mass is 457 g/mol. The molecule has 1 fully saturated rings. The second kappa shape index (κ2) is 8.30. The topological polar surface area (TPSA) is 94.5 Å². The highest BCUT2D eigenvalue weighted by Gasteiger charge is 2.27. The first-order chi connectivity index (χ1) is 16.2. The molecule has 2 aromatic heterocycles. The zero-order valence-corrected chi connectivity index (χ0v) is 18.7. The molecule has 0 aliphatic heterocycles. The van der Waals surface area contributed by atoms with Gasteiger partial charge in [0.2, 0.25) is 0 Å². The van der Waals surface area contributed by atoms with Gasteiger partial charge in [0.25, 0.3) is 0 Å². The van der Waals surface area contributed by atoms with Crippen molar-refractivity contribution >= 4 is 29.5 Å². The van der Waals surface area contributed by atoms with Crippen LogP contribution in [-0.2, 0) is 4.18 Å². The van der Waals surface area contributed by atoms with Gasteiger partial charge in [-0.05, 0) is 48.4 Å². The third-order valence-corrected chi connectivity index (χ3v) is 6.92. The van der Waals surface area contributed by atoms with Crippen LogP contribution in [0.3, 0.4) is 0 Å². The van der Waals surface area contributed by atoms with E-state index in [1.54, 1.807) is 6.20 Å². The smallest absolute Gasteiger partial charge is 0.194 e. The van der Waals surface area contributed by atoms with E-state index in [1.165, 1.54) is 0 Å². The SMILES string of the molecule is NSOCC1CCC(Nc2ccnc3cc(-c4ccc5c(c4)C(=O)c4ccccc4-5)nn23)C1. The minimum absolute atomic E-state index is 0.0690. The molecule has 4 aromatic rings. The third kappa shape index (κ3) is 3.60.